The molecule has 2 aromatic carbocycles. The summed E-state index contributed by atoms with van der Waals surface area (Å²) in [6.07, 6.45) is 4.25. The zero-order chi connectivity index (χ0) is 26.5. The zero-order valence-electron chi connectivity index (χ0n) is 21.2. The largest absolute Gasteiger partial charge is 0.619 e. The Morgan fingerprint density at radius 2 is 1.71 bits per heavy atom. The van der Waals surface area contributed by atoms with Gasteiger partial charge in [0.15, 0.2) is 18.2 Å². The van der Waals surface area contributed by atoms with Gasteiger partial charge in [0.05, 0.1) is 13.2 Å². The van der Waals surface area contributed by atoms with Gasteiger partial charge in [-0.05, 0) is 51.2 Å². The van der Waals surface area contributed by atoms with Crippen molar-refractivity contribution in [2.45, 2.75) is 19.8 Å². The predicted molar refractivity (Wildman–Crippen MR) is 139 cm³/mol. The van der Waals surface area contributed by atoms with Crippen LogP contribution in [-0.2, 0) is 16.0 Å². The van der Waals surface area contributed by atoms with Crippen LogP contribution >= 0.6 is 0 Å². The van der Waals surface area contributed by atoms with Crippen LogP contribution in [0.4, 0.5) is 0 Å². The first-order chi connectivity index (χ1) is 18.6. The van der Waals surface area contributed by atoms with Crippen molar-refractivity contribution in [3.63, 3.8) is 0 Å². The van der Waals surface area contributed by atoms with Crippen LogP contribution in [0, 0.1) is 5.21 Å². The fraction of sp³-hybridized carbons (Fsp3) is 0.222. The molecule has 1 N–H and O–H groups in total. The van der Waals surface area contributed by atoms with E-state index >= 15 is 0 Å². The van der Waals surface area contributed by atoms with E-state index in [1.165, 1.54) is 12.4 Å². The monoisotopic (exact) mass is 513 g/mol. The van der Waals surface area contributed by atoms with Crippen molar-refractivity contribution in [2.24, 2.45) is 0 Å². The lowest BCUT2D eigenvalue weighted by atomic mass is 9.90. The van der Waals surface area contributed by atoms with Gasteiger partial charge in [-0.15, -0.1) is 5.10 Å². The summed E-state index contributed by atoms with van der Waals surface area (Å²) in [5.41, 5.74) is 6.27. The maximum atomic E-state index is 11.8. The summed E-state index contributed by atoms with van der Waals surface area (Å²) in [5.74, 6) is 0.569. The van der Waals surface area contributed by atoms with Crippen LogP contribution in [0.15, 0.2) is 73.2 Å². The van der Waals surface area contributed by atoms with Crippen LogP contribution in [0.5, 0.6) is 6.01 Å². The number of benzene rings is 2. The molecule has 0 unspecified atom stereocenters. The van der Waals surface area contributed by atoms with Gasteiger partial charge in [-0.1, -0.05) is 36.4 Å². The van der Waals surface area contributed by atoms with Crippen molar-refractivity contribution in [1.82, 2.24) is 30.2 Å². The summed E-state index contributed by atoms with van der Waals surface area (Å²) >= 11 is 0. The highest BCUT2D eigenvalue weighted by Gasteiger charge is 2.19. The Morgan fingerprint density at radius 3 is 2.39 bits per heavy atom. The Labute approximate surface area is 219 Å². The Morgan fingerprint density at radius 1 is 0.974 bits per heavy atom. The maximum Gasteiger partial charge on any atom is 0.296 e. The average Bonchev–Trinajstić information content (AvgIpc) is 3.61. The van der Waals surface area contributed by atoms with E-state index in [0.29, 0.717) is 30.7 Å². The van der Waals surface area contributed by atoms with Crippen LogP contribution in [0.25, 0.3) is 33.6 Å². The predicted octanol–water partition coefficient (Wildman–Crippen LogP) is 3.77. The number of rotatable bonds is 10. The second-order valence-corrected chi connectivity index (χ2v) is 8.43. The molecule has 0 saturated carbocycles. The van der Waals surface area contributed by atoms with E-state index in [0.717, 1.165) is 38.1 Å². The van der Waals surface area contributed by atoms with Crippen molar-refractivity contribution < 1.29 is 18.9 Å². The van der Waals surface area contributed by atoms with Crippen molar-refractivity contribution >= 4 is 0 Å². The number of nitrogens with one attached hydrogen (secondary N) is 1. The highest BCUT2D eigenvalue weighted by atomic mass is 16.7. The standard InChI is InChI=1S/C27H27N7O4/c1-4-38-27-28-24(26(36-2)37-3)17-33(27)16-18-9-10-21(23(15-18)19-11-13-34(35)14-12-19)20-7-5-6-8-22(20)25-29-31-32-30-25/h5-15,17,26H,4,16H2,1-3H3,(H,29,30,31,32). The minimum absolute atomic E-state index is 0.470. The molecule has 0 amide bonds. The topological polar surface area (TPSA) is 127 Å². The summed E-state index contributed by atoms with van der Waals surface area (Å²) in [6, 6.07) is 18.2. The summed E-state index contributed by atoms with van der Waals surface area (Å²) in [7, 11) is 3.13. The molecular weight excluding hydrogens is 486 g/mol. The van der Waals surface area contributed by atoms with Crippen molar-refractivity contribution in [3.8, 4) is 39.7 Å². The Balaban J connectivity index is 1.60. The molecule has 5 aromatic rings. The first-order valence-electron chi connectivity index (χ1n) is 12.0. The molecule has 0 aliphatic rings. The Hall–Kier alpha value is -4.61. The third kappa shape index (κ3) is 5.10. The van der Waals surface area contributed by atoms with E-state index in [1.54, 1.807) is 26.4 Å². The average molecular weight is 514 g/mol. The molecule has 0 spiro atoms. The normalized spacial score (nSPS) is 11.3. The summed E-state index contributed by atoms with van der Waals surface area (Å²) < 4.78 is 19.2. The number of aromatic amines is 1. The molecule has 38 heavy (non-hydrogen) atoms. The van der Waals surface area contributed by atoms with Crippen LogP contribution in [0.2, 0.25) is 0 Å². The van der Waals surface area contributed by atoms with Gasteiger partial charge in [0.25, 0.3) is 6.01 Å². The van der Waals surface area contributed by atoms with Gasteiger partial charge in [0.1, 0.15) is 5.69 Å². The van der Waals surface area contributed by atoms with E-state index in [2.05, 4.69) is 43.8 Å². The molecule has 0 saturated heterocycles. The molecule has 3 aromatic heterocycles. The molecule has 11 nitrogen and oxygen atoms in total. The van der Waals surface area contributed by atoms with Crippen molar-refractivity contribution in [3.05, 3.63) is 89.7 Å². The molecule has 0 aliphatic carbocycles. The van der Waals surface area contributed by atoms with Gasteiger partial charge in [0, 0.05) is 38.1 Å². The van der Waals surface area contributed by atoms with E-state index in [1.807, 2.05) is 42.0 Å². The Kier molecular flexibility index (Phi) is 7.38. The number of hydrogen-bond donors (Lipinski definition) is 1. The molecule has 5 rings (SSSR count). The number of hydrogen-bond acceptors (Lipinski definition) is 8. The summed E-state index contributed by atoms with van der Waals surface area (Å²) in [4.78, 5) is 4.56. The highest BCUT2D eigenvalue weighted by Crippen LogP contribution is 2.37. The number of pyridine rings is 1. The maximum absolute atomic E-state index is 11.8. The number of methoxy groups -OCH3 is 2. The van der Waals surface area contributed by atoms with E-state index in [4.69, 9.17) is 14.2 Å². The lowest BCUT2D eigenvalue weighted by molar-refractivity contribution is -0.605. The SMILES string of the molecule is CCOc1nc(C(OC)OC)cn1Cc1ccc(-c2ccccc2-c2nnn[nH]2)c(-c2cc[n+]([O-])cc2)c1. The molecule has 3 heterocycles. The van der Waals surface area contributed by atoms with Crippen molar-refractivity contribution in [1.29, 1.82) is 0 Å². The van der Waals surface area contributed by atoms with Gasteiger partial charge in [-0.2, -0.15) is 9.71 Å². The van der Waals surface area contributed by atoms with Gasteiger partial charge in [0.2, 0.25) is 6.29 Å². The number of nitrogens with zero attached hydrogens (tertiary/aromatic N) is 6. The molecule has 0 fully saturated rings. The molecule has 0 aliphatic heterocycles. The van der Waals surface area contributed by atoms with Crippen LogP contribution < -0.4 is 9.47 Å². The minimum atomic E-state index is -0.599. The molecule has 0 bridgehead atoms. The second-order valence-electron chi connectivity index (χ2n) is 8.43. The molecule has 0 radical (unpaired) electrons. The van der Waals surface area contributed by atoms with Crippen LogP contribution in [0.1, 0.15) is 24.5 Å². The number of imidazole rings is 1. The Bertz CT molecular complexity index is 1500. The number of aromatic nitrogens is 7. The molecule has 0 atom stereocenters. The fourth-order valence-electron chi connectivity index (χ4n) is 4.38. The first kappa shape index (κ1) is 25.1. The smallest absolute Gasteiger partial charge is 0.296 e. The summed E-state index contributed by atoms with van der Waals surface area (Å²) in [6.45, 7) is 2.88. The van der Waals surface area contributed by atoms with E-state index < -0.39 is 6.29 Å². The zero-order valence-corrected chi connectivity index (χ0v) is 21.2. The van der Waals surface area contributed by atoms with Gasteiger partial charge >= 0.3 is 0 Å². The lowest BCUT2D eigenvalue weighted by Gasteiger charge is -2.15. The third-order valence-electron chi connectivity index (χ3n) is 6.07. The van der Waals surface area contributed by atoms with Crippen molar-refractivity contribution in [2.75, 3.05) is 20.8 Å². The second kappa shape index (κ2) is 11.2. The van der Waals surface area contributed by atoms with Crippen LogP contribution in [-0.4, -0.2) is 51.0 Å². The number of tetrazole rings is 1. The minimum Gasteiger partial charge on any atom is -0.619 e. The van der Waals surface area contributed by atoms with Gasteiger partial charge in [-0.3, -0.25) is 4.57 Å². The van der Waals surface area contributed by atoms with Gasteiger partial charge in [-0.25, -0.2) is 5.10 Å². The lowest BCUT2D eigenvalue weighted by Crippen LogP contribution is -2.23. The first-order valence-corrected chi connectivity index (χ1v) is 12.0. The number of ether oxygens (including phenoxy) is 3. The quantitative estimate of drug-likeness (QED) is 0.170. The summed E-state index contributed by atoms with van der Waals surface area (Å²) in [5, 5.41) is 26.2. The highest BCUT2D eigenvalue weighted by molar-refractivity contribution is 5.90. The van der Waals surface area contributed by atoms with E-state index in [-0.39, 0.29) is 0 Å². The van der Waals surface area contributed by atoms with E-state index in [9.17, 15) is 5.21 Å². The fourth-order valence-corrected chi connectivity index (χ4v) is 4.38. The van der Waals surface area contributed by atoms with Crippen LogP contribution in [0.3, 0.4) is 0 Å². The third-order valence-corrected chi connectivity index (χ3v) is 6.07. The molecule has 11 heteroatoms. The van der Waals surface area contributed by atoms with Gasteiger partial charge < -0.3 is 19.4 Å². The number of H-pyrrole nitrogens is 1. The molecule has 194 valence electrons. The molecular formula is C27H27N7O4.